The van der Waals surface area contributed by atoms with Crippen LogP contribution < -0.4 is 9.47 Å². The number of rotatable bonds is 7. The van der Waals surface area contributed by atoms with Crippen LogP contribution in [0.4, 0.5) is 0 Å². The summed E-state index contributed by atoms with van der Waals surface area (Å²) in [5.74, 6) is 0.569. The summed E-state index contributed by atoms with van der Waals surface area (Å²) in [5.41, 5.74) is 4.06. The van der Waals surface area contributed by atoms with Crippen molar-refractivity contribution in [1.82, 2.24) is 0 Å². The molecule has 33 heavy (non-hydrogen) atoms. The van der Waals surface area contributed by atoms with Crippen molar-refractivity contribution in [3.05, 3.63) is 126 Å². The van der Waals surface area contributed by atoms with E-state index in [0.29, 0.717) is 22.6 Å². The van der Waals surface area contributed by atoms with Crippen LogP contribution in [0.1, 0.15) is 26.3 Å². The van der Waals surface area contributed by atoms with Gasteiger partial charge in [0.25, 0.3) is 0 Å². The van der Waals surface area contributed by atoms with Gasteiger partial charge in [-0.2, -0.15) is 0 Å². The number of carbonyl (C=O) groups is 2. The molecule has 4 rings (SSSR count). The minimum Gasteiger partial charge on any atom is -0.497 e. The molecule has 0 aliphatic heterocycles. The predicted molar refractivity (Wildman–Crippen MR) is 130 cm³/mol. The lowest BCUT2D eigenvalue weighted by molar-refractivity contribution is 0.0734. The molecule has 0 bridgehead atoms. The van der Waals surface area contributed by atoms with Crippen LogP contribution in [0.3, 0.4) is 0 Å². The predicted octanol–water partition coefficient (Wildman–Crippen LogP) is 6.48. The van der Waals surface area contributed by atoms with Crippen molar-refractivity contribution in [2.45, 2.75) is 0 Å². The summed E-state index contributed by atoms with van der Waals surface area (Å²) in [6, 6.07) is 31.3. The second kappa shape index (κ2) is 10.2. The molecule has 0 radical (unpaired) electrons. The number of hydrogen-bond acceptors (Lipinski definition) is 4. The standard InChI is InChI=1S/C29H22O4/c1-32-26-18-14-25(15-19-26)29(31)33-27-16-7-21(8-17-27)9-20-28(30)24-12-10-23(11-13-24)22-5-3-2-4-6-22/h2-20H,1H3/b20-9+. The maximum Gasteiger partial charge on any atom is 0.343 e. The van der Waals surface area contributed by atoms with Gasteiger partial charge in [-0.1, -0.05) is 72.8 Å². The maximum absolute atomic E-state index is 12.5. The average Bonchev–Trinajstić information content (AvgIpc) is 2.88. The van der Waals surface area contributed by atoms with Crippen LogP contribution in [0.15, 0.2) is 109 Å². The third-order valence-electron chi connectivity index (χ3n) is 5.12. The first kappa shape index (κ1) is 21.8. The summed E-state index contributed by atoms with van der Waals surface area (Å²) in [4.78, 5) is 24.8. The number of ether oxygens (including phenoxy) is 2. The molecule has 0 heterocycles. The van der Waals surface area contributed by atoms with Crippen LogP contribution in [-0.2, 0) is 0 Å². The molecule has 0 fully saturated rings. The van der Waals surface area contributed by atoms with E-state index in [9.17, 15) is 9.59 Å². The normalized spacial score (nSPS) is 10.7. The van der Waals surface area contributed by atoms with E-state index >= 15 is 0 Å². The van der Waals surface area contributed by atoms with Crippen LogP contribution in [0, 0.1) is 0 Å². The minimum atomic E-state index is -0.449. The number of carbonyl (C=O) groups excluding carboxylic acids is 2. The van der Waals surface area contributed by atoms with Crippen molar-refractivity contribution in [2.24, 2.45) is 0 Å². The molecule has 0 N–H and O–H groups in total. The van der Waals surface area contributed by atoms with Crippen LogP contribution in [0.2, 0.25) is 0 Å². The number of benzene rings is 4. The maximum atomic E-state index is 12.5. The average molecular weight is 434 g/mol. The second-order valence-corrected chi connectivity index (χ2v) is 7.33. The Morgan fingerprint density at radius 3 is 1.85 bits per heavy atom. The Morgan fingerprint density at radius 1 is 0.636 bits per heavy atom. The molecule has 4 nitrogen and oxygen atoms in total. The van der Waals surface area contributed by atoms with Crippen molar-refractivity contribution >= 4 is 17.8 Å². The fourth-order valence-electron chi connectivity index (χ4n) is 3.27. The number of methoxy groups -OCH3 is 1. The van der Waals surface area contributed by atoms with Gasteiger partial charge in [0.2, 0.25) is 0 Å². The van der Waals surface area contributed by atoms with E-state index in [2.05, 4.69) is 0 Å². The summed E-state index contributed by atoms with van der Waals surface area (Å²) in [5, 5.41) is 0. The van der Waals surface area contributed by atoms with Gasteiger partial charge >= 0.3 is 5.97 Å². The quantitative estimate of drug-likeness (QED) is 0.145. The Kier molecular flexibility index (Phi) is 6.76. The summed E-state index contributed by atoms with van der Waals surface area (Å²) in [6.07, 6.45) is 3.28. The lowest BCUT2D eigenvalue weighted by Gasteiger charge is -2.05. The molecule has 4 aromatic carbocycles. The molecule has 0 amide bonds. The van der Waals surface area contributed by atoms with E-state index in [4.69, 9.17) is 9.47 Å². The minimum absolute atomic E-state index is 0.0791. The highest BCUT2D eigenvalue weighted by atomic mass is 16.5. The van der Waals surface area contributed by atoms with E-state index in [1.54, 1.807) is 61.7 Å². The molecule has 0 aromatic heterocycles. The number of allylic oxidation sites excluding steroid dienone is 1. The summed E-state index contributed by atoms with van der Waals surface area (Å²) in [6.45, 7) is 0. The van der Waals surface area contributed by atoms with E-state index in [-0.39, 0.29) is 5.78 Å². The molecular weight excluding hydrogens is 412 g/mol. The SMILES string of the molecule is COc1ccc(C(=O)Oc2ccc(/C=C/C(=O)c3ccc(-c4ccccc4)cc3)cc2)cc1. The molecule has 0 unspecified atom stereocenters. The summed E-state index contributed by atoms with van der Waals surface area (Å²) >= 11 is 0. The molecule has 0 spiro atoms. The molecule has 162 valence electrons. The third-order valence-corrected chi connectivity index (χ3v) is 5.12. The Labute approximate surface area is 192 Å². The zero-order valence-electron chi connectivity index (χ0n) is 18.1. The largest absolute Gasteiger partial charge is 0.497 e. The highest BCUT2D eigenvalue weighted by Crippen LogP contribution is 2.20. The lowest BCUT2D eigenvalue weighted by atomic mass is 10.0. The van der Waals surface area contributed by atoms with Gasteiger partial charge in [0, 0.05) is 5.56 Å². The first-order valence-electron chi connectivity index (χ1n) is 10.5. The van der Waals surface area contributed by atoms with Crippen molar-refractivity contribution in [1.29, 1.82) is 0 Å². The molecule has 4 aromatic rings. The molecule has 0 atom stereocenters. The van der Waals surface area contributed by atoms with Crippen molar-refractivity contribution < 1.29 is 19.1 Å². The van der Waals surface area contributed by atoms with Gasteiger partial charge in [-0.3, -0.25) is 4.79 Å². The monoisotopic (exact) mass is 434 g/mol. The number of ketones is 1. The van der Waals surface area contributed by atoms with Crippen LogP contribution in [-0.4, -0.2) is 18.9 Å². The van der Waals surface area contributed by atoms with E-state index in [0.717, 1.165) is 16.7 Å². The Balaban J connectivity index is 1.36. The Bertz CT molecular complexity index is 1250. The van der Waals surface area contributed by atoms with Crippen molar-refractivity contribution in [3.8, 4) is 22.6 Å². The fourth-order valence-corrected chi connectivity index (χ4v) is 3.27. The van der Waals surface area contributed by atoms with E-state index in [1.807, 2.05) is 54.6 Å². The van der Waals surface area contributed by atoms with Crippen LogP contribution >= 0.6 is 0 Å². The zero-order valence-corrected chi connectivity index (χ0v) is 18.1. The van der Waals surface area contributed by atoms with Gasteiger partial charge < -0.3 is 9.47 Å². The highest BCUT2D eigenvalue weighted by Gasteiger charge is 2.09. The highest BCUT2D eigenvalue weighted by molar-refractivity contribution is 6.07. The summed E-state index contributed by atoms with van der Waals surface area (Å²) in [7, 11) is 1.57. The summed E-state index contributed by atoms with van der Waals surface area (Å²) < 4.78 is 10.5. The van der Waals surface area contributed by atoms with Crippen molar-refractivity contribution in [2.75, 3.05) is 7.11 Å². The van der Waals surface area contributed by atoms with Crippen LogP contribution in [0.5, 0.6) is 11.5 Å². The lowest BCUT2D eigenvalue weighted by Crippen LogP contribution is -2.08. The number of esters is 1. The van der Waals surface area contributed by atoms with Gasteiger partial charge in [-0.05, 0) is 59.2 Å². The first-order chi connectivity index (χ1) is 16.1. The molecule has 4 heteroatoms. The fraction of sp³-hybridized carbons (Fsp3) is 0.0345. The first-order valence-corrected chi connectivity index (χ1v) is 10.5. The van der Waals surface area contributed by atoms with Crippen LogP contribution in [0.25, 0.3) is 17.2 Å². The van der Waals surface area contributed by atoms with Gasteiger partial charge in [0.1, 0.15) is 11.5 Å². The topological polar surface area (TPSA) is 52.6 Å². The van der Waals surface area contributed by atoms with Gasteiger partial charge in [-0.15, -0.1) is 0 Å². The van der Waals surface area contributed by atoms with Gasteiger partial charge in [-0.25, -0.2) is 4.79 Å². The van der Waals surface area contributed by atoms with Gasteiger partial charge in [0.05, 0.1) is 12.7 Å². The molecule has 0 saturated carbocycles. The van der Waals surface area contributed by atoms with E-state index in [1.165, 1.54) is 6.08 Å². The second-order valence-electron chi connectivity index (χ2n) is 7.33. The molecule has 0 saturated heterocycles. The third kappa shape index (κ3) is 5.63. The van der Waals surface area contributed by atoms with Gasteiger partial charge in [0.15, 0.2) is 5.78 Å². The molecule has 0 aliphatic carbocycles. The van der Waals surface area contributed by atoms with E-state index < -0.39 is 5.97 Å². The molecule has 0 aliphatic rings. The van der Waals surface area contributed by atoms with Crippen molar-refractivity contribution in [3.63, 3.8) is 0 Å². The molecular formula is C29H22O4. The number of hydrogen-bond donors (Lipinski definition) is 0. The zero-order chi connectivity index (χ0) is 23.0. The Morgan fingerprint density at radius 2 is 1.21 bits per heavy atom. The Hall–Kier alpha value is -4.44. The smallest absolute Gasteiger partial charge is 0.343 e.